The SMILES string of the molecule is CC12CC(O)C3CCC1C32. The number of hydrogen-bond acceptors (Lipinski definition) is 1. The maximum atomic E-state index is 9.58. The lowest BCUT2D eigenvalue weighted by atomic mass is 10.0. The third kappa shape index (κ3) is 0.378. The van der Waals surface area contributed by atoms with Gasteiger partial charge in [-0.2, -0.15) is 0 Å². The molecule has 0 aliphatic heterocycles. The zero-order valence-electron chi connectivity index (χ0n) is 6.38. The Bertz CT molecular complexity index is 189. The van der Waals surface area contributed by atoms with Gasteiger partial charge in [-0.25, -0.2) is 0 Å². The Morgan fingerprint density at radius 2 is 2.20 bits per heavy atom. The van der Waals surface area contributed by atoms with Crippen molar-refractivity contribution in [2.45, 2.75) is 32.3 Å². The highest BCUT2D eigenvalue weighted by Gasteiger charge is 2.72. The van der Waals surface area contributed by atoms with Crippen molar-refractivity contribution in [3.05, 3.63) is 0 Å². The summed E-state index contributed by atoms with van der Waals surface area (Å²) in [6.45, 7) is 2.37. The van der Waals surface area contributed by atoms with E-state index in [2.05, 4.69) is 6.92 Å². The van der Waals surface area contributed by atoms with Crippen LogP contribution >= 0.6 is 0 Å². The third-order valence-electron chi connectivity index (χ3n) is 4.35. The minimum absolute atomic E-state index is 0.0637. The number of rotatable bonds is 0. The predicted octanol–water partition coefficient (Wildman–Crippen LogP) is 1.41. The van der Waals surface area contributed by atoms with Gasteiger partial charge < -0.3 is 5.11 Å². The molecule has 0 saturated heterocycles. The van der Waals surface area contributed by atoms with E-state index in [0.29, 0.717) is 11.3 Å². The minimum Gasteiger partial charge on any atom is -0.393 e. The summed E-state index contributed by atoms with van der Waals surface area (Å²) in [5.74, 6) is 2.65. The molecule has 3 aliphatic rings. The lowest BCUT2D eigenvalue weighted by molar-refractivity contribution is 0.117. The molecule has 0 radical (unpaired) electrons. The fourth-order valence-electron chi connectivity index (χ4n) is 3.87. The Morgan fingerprint density at radius 3 is 2.80 bits per heavy atom. The summed E-state index contributed by atoms with van der Waals surface area (Å²) in [5, 5.41) is 9.58. The fourth-order valence-corrected chi connectivity index (χ4v) is 3.87. The number of aliphatic hydroxyl groups is 1. The summed E-state index contributed by atoms with van der Waals surface area (Å²) in [6, 6.07) is 0. The van der Waals surface area contributed by atoms with Crippen LogP contribution in [0.1, 0.15) is 26.2 Å². The maximum Gasteiger partial charge on any atom is 0.0576 e. The number of hydrogen-bond donors (Lipinski definition) is 1. The van der Waals surface area contributed by atoms with Gasteiger partial charge in [0.25, 0.3) is 0 Å². The van der Waals surface area contributed by atoms with Crippen molar-refractivity contribution >= 4 is 0 Å². The van der Waals surface area contributed by atoms with Gasteiger partial charge in [0.1, 0.15) is 0 Å². The van der Waals surface area contributed by atoms with Crippen molar-refractivity contribution < 1.29 is 5.11 Å². The number of aliphatic hydroxyl groups excluding tert-OH is 1. The van der Waals surface area contributed by atoms with Crippen LogP contribution in [0.15, 0.2) is 0 Å². The van der Waals surface area contributed by atoms with Crippen LogP contribution < -0.4 is 0 Å². The van der Waals surface area contributed by atoms with Gasteiger partial charge in [-0.3, -0.25) is 0 Å². The van der Waals surface area contributed by atoms with E-state index in [1.807, 2.05) is 0 Å². The van der Waals surface area contributed by atoms with E-state index in [1.165, 1.54) is 12.8 Å². The first-order valence-corrected chi connectivity index (χ1v) is 4.41. The Kier molecular flexibility index (Phi) is 0.722. The van der Waals surface area contributed by atoms with Crippen molar-refractivity contribution in [1.29, 1.82) is 0 Å². The van der Waals surface area contributed by atoms with Crippen LogP contribution in [-0.4, -0.2) is 11.2 Å². The Morgan fingerprint density at radius 1 is 1.40 bits per heavy atom. The molecule has 3 fully saturated rings. The van der Waals surface area contributed by atoms with E-state index in [-0.39, 0.29) is 6.10 Å². The van der Waals surface area contributed by atoms with Crippen molar-refractivity contribution in [3.63, 3.8) is 0 Å². The maximum absolute atomic E-state index is 9.58. The summed E-state index contributed by atoms with van der Waals surface area (Å²) in [6.07, 6.45) is 3.89. The summed E-state index contributed by atoms with van der Waals surface area (Å²) in [5.41, 5.74) is 0.600. The molecule has 1 heteroatoms. The largest absolute Gasteiger partial charge is 0.393 e. The molecule has 0 bridgehead atoms. The second kappa shape index (κ2) is 1.29. The van der Waals surface area contributed by atoms with E-state index in [0.717, 1.165) is 18.3 Å². The summed E-state index contributed by atoms with van der Waals surface area (Å²) in [7, 11) is 0. The van der Waals surface area contributed by atoms with Crippen molar-refractivity contribution in [2.24, 2.45) is 23.2 Å². The molecule has 5 unspecified atom stereocenters. The lowest BCUT2D eigenvalue weighted by Crippen LogP contribution is -2.14. The molecule has 0 aromatic carbocycles. The second-order valence-electron chi connectivity index (χ2n) is 4.65. The molecule has 0 heterocycles. The van der Waals surface area contributed by atoms with Crippen LogP contribution in [0.4, 0.5) is 0 Å². The molecular formula is C9H14O. The Balaban J connectivity index is 2.00. The van der Waals surface area contributed by atoms with Gasteiger partial charge in [-0.05, 0) is 42.4 Å². The molecule has 10 heavy (non-hydrogen) atoms. The van der Waals surface area contributed by atoms with Crippen molar-refractivity contribution in [1.82, 2.24) is 0 Å². The fraction of sp³-hybridized carbons (Fsp3) is 1.00. The van der Waals surface area contributed by atoms with Crippen LogP contribution in [0, 0.1) is 23.2 Å². The number of fused-ring (bicyclic) bond motifs is 1. The van der Waals surface area contributed by atoms with E-state index in [4.69, 9.17) is 0 Å². The average molecular weight is 138 g/mol. The molecule has 0 amide bonds. The van der Waals surface area contributed by atoms with Gasteiger partial charge in [0.15, 0.2) is 0 Å². The standard InChI is InChI=1S/C9H14O/c1-9-4-7(10)5-2-3-6(9)8(5)9/h5-8,10H,2-4H2,1H3. The molecule has 0 spiro atoms. The molecule has 1 N–H and O–H groups in total. The Labute approximate surface area is 61.4 Å². The topological polar surface area (TPSA) is 20.2 Å². The quantitative estimate of drug-likeness (QED) is 0.536. The van der Waals surface area contributed by atoms with Crippen LogP contribution in [0.5, 0.6) is 0 Å². The predicted molar refractivity (Wildman–Crippen MR) is 38.4 cm³/mol. The monoisotopic (exact) mass is 138 g/mol. The molecule has 3 aliphatic carbocycles. The highest BCUT2D eigenvalue weighted by Crippen LogP contribution is 2.76. The van der Waals surface area contributed by atoms with Crippen LogP contribution in [0.3, 0.4) is 0 Å². The van der Waals surface area contributed by atoms with E-state index >= 15 is 0 Å². The van der Waals surface area contributed by atoms with Crippen molar-refractivity contribution in [2.75, 3.05) is 0 Å². The first-order chi connectivity index (χ1) is 4.73. The van der Waals surface area contributed by atoms with E-state index < -0.39 is 0 Å². The van der Waals surface area contributed by atoms with Gasteiger partial charge in [-0.1, -0.05) is 6.92 Å². The molecular weight excluding hydrogens is 124 g/mol. The molecule has 3 rings (SSSR count). The zero-order chi connectivity index (χ0) is 6.93. The summed E-state index contributed by atoms with van der Waals surface area (Å²) < 4.78 is 0. The molecule has 56 valence electrons. The van der Waals surface area contributed by atoms with Crippen LogP contribution in [0.2, 0.25) is 0 Å². The van der Waals surface area contributed by atoms with Crippen LogP contribution in [-0.2, 0) is 0 Å². The molecule has 5 atom stereocenters. The molecule has 3 saturated carbocycles. The minimum atomic E-state index is 0.0637. The lowest BCUT2D eigenvalue weighted by Gasteiger charge is -2.10. The molecule has 1 nitrogen and oxygen atoms in total. The molecule has 0 aromatic rings. The van der Waals surface area contributed by atoms with E-state index in [1.54, 1.807) is 0 Å². The second-order valence-corrected chi connectivity index (χ2v) is 4.65. The average Bonchev–Trinajstić information content (AvgIpc) is 2.22. The first kappa shape index (κ1) is 5.59. The molecule has 0 aromatic heterocycles. The van der Waals surface area contributed by atoms with Gasteiger partial charge >= 0.3 is 0 Å². The highest BCUT2D eigenvalue weighted by atomic mass is 16.3. The summed E-state index contributed by atoms with van der Waals surface area (Å²) >= 11 is 0. The third-order valence-corrected chi connectivity index (χ3v) is 4.35. The highest BCUT2D eigenvalue weighted by molar-refractivity contribution is 5.20. The van der Waals surface area contributed by atoms with Gasteiger partial charge in [0, 0.05) is 0 Å². The van der Waals surface area contributed by atoms with Gasteiger partial charge in [-0.15, -0.1) is 0 Å². The normalized spacial score (nSPS) is 70.2. The van der Waals surface area contributed by atoms with Gasteiger partial charge in [0.05, 0.1) is 6.10 Å². The van der Waals surface area contributed by atoms with Gasteiger partial charge in [0.2, 0.25) is 0 Å². The summed E-state index contributed by atoms with van der Waals surface area (Å²) in [4.78, 5) is 0. The smallest absolute Gasteiger partial charge is 0.0576 e. The van der Waals surface area contributed by atoms with Crippen molar-refractivity contribution in [3.8, 4) is 0 Å². The first-order valence-electron chi connectivity index (χ1n) is 4.41. The zero-order valence-corrected chi connectivity index (χ0v) is 6.38. The Hall–Kier alpha value is -0.0400. The van der Waals surface area contributed by atoms with E-state index in [9.17, 15) is 5.11 Å². The van der Waals surface area contributed by atoms with Crippen LogP contribution in [0.25, 0.3) is 0 Å².